The first-order chi connectivity index (χ1) is 8.17. The van der Waals surface area contributed by atoms with E-state index in [9.17, 15) is 4.79 Å². The van der Waals surface area contributed by atoms with Gasteiger partial charge >= 0.3 is 5.97 Å². The van der Waals surface area contributed by atoms with E-state index in [-0.39, 0.29) is 11.2 Å². The number of esters is 1. The van der Waals surface area contributed by atoms with E-state index >= 15 is 0 Å². The largest absolute Gasteiger partial charge is 0.465 e. The normalized spacial score (nSPS) is 12.2. The highest BCUT2D eigenvalue weighted by molar-refractivity contribution is 8.00. The van der Waals surface area contributed by atoms with Crippen molar-refractivity contribution in [3.05, 3.63) is 35.4 Å². The molecular weight excluding hydrogens is 234 g/mol. The third kappa shape index (κ3) is 4.79. The highest BCUT2D eigenvalue weighted by atomic mass is 32.2. The fourth-order valence-corrected chi connectivity index (χ4v) is 2.44. The Morgan fingerprint density at radius 3 is 2.88 bits per heavy atom. The van der Waals surface area contributed by atoms with Crippen molar-refractivity contribution in [3.63, 3.8) is 0 Å². The second-order valence-electron chi connectivity index (χ2n) is 3.75. The number of aryl methyl sites for hydroxylation is 1. The maximum Gasteiger partial charge on any atom is 0.315 e. The second kappa shape index (κ2) is 7.35. The van der Waals surface area contributed by atoms with Gasteiger partial charge in [0.2, 0.25) is 0 Å². The molecule has 0 bridgehead atoms. The van der Waals surface area contributed by atoms with Gasteiger partial charge in [-0.1, -0.05) is 29.8 Å². The van der Waals surface area contributed by atoms with Crippen LogP contribution in [0, 0.1) is 6.92 Å². The van der Waals surface area contributed by atoms with Crippen molar-refractivity contribution in [1.82, 2.24) is 0 Å². The maximum absolute atomic E-state index is 11.3. The van der Waals surface area contributed by atoms with Crippen molar-refractivity contribution in [2.24, 2.45) is 5.73 Å². The van der Waals surface area contributed by atoms with Crippen LogP contribution in [0.4, 0.5) is 0 Å². The van der Waals surface area contributed by atoms with Crippen LogP contribution in [-0.4, -0.2) is 24.9 Å². The van der Waals surface area contributed by atoms with Crippen LogP contribution in [0.5, 0.6) is 0 Å². The van der Waals surface area contributed by atoms with E-state index in [0.717, 1.165) is 0 Å². The Morgan fingerprint density at radius 2 is 2.29 bits per heavy atom. The van der Waals surface area contributed by atoms with Gasteiger partial charge < -0.3 is 10.5 Å². The summed E-state index contributed by atoms with van der Waals surface area (Å²) < 4.78 is 4.90. The number of hydrogen-bond acceptors (Lipinski definition) is 4. The third-order valence-electron chi connectivity index (χ3n) is 2.34. The van der Waals surface area contributed by atoms with Crippen LogP contribution in [0.3, 0.4) is 0 Å². The van der Waals surface area contributed by atoms with Crippen LogP contribution in [0.25, 0.3) is 0 Å². The number of thioether (sulfide) groups is 1. The zero-order valence-corrected chi connectivity index (χ0v) is 11.1. The number of nitrogens with two attached hydrogens (primary N) is 1. The molecule has 0 aliphatic heterocycles. The van der Waals surface area contributed by atoms with E-state index in [1.807, 2.05) is 32.0 Å². The Bertz CT molecular complexity index is 368. The molecule has 0 saturated heterocycles. The predicted molar refractivity (Wildman–Crippen MR) is 72.1 cm³/mol. The van der Waals surface area contributed by atoms with Gasteiger partial charge in [0.25, 0.3) is 0 Å². The lowest BCUT2D eigenvalue weighted by Crippen LogP contribution is -2.14. The van der Waals surface area contributed by atoms with Crippen LogP contribution in [0.1, 0.15) is 23.3 Å². The van der Waals surface area contributed by atoms with Crippen LogP contribution in [0.2, 0.25) is 0 Å². The molecule has 0 spiro atoms. The van der Waals surface area contributed by atoms with Crippen molar-refractivity contribution >= 4 is 17.7 Å². The molecule has 0 fully saturated rings. The summed E-state index contributed by atoms with van der Waals surface area (Å²) in [7, 11) is 0. The standard InChI is InChI=1S/C13H19NO2S/c1-3-16-13(15)9-17-12(8-14)11-6-4-5-10(2)7-11/h4-7,12H,3,8-9,14H2,1-2H3. The summed E-state index contributed by atoms with van der Waals surface area (Å²) in [4.78, 5) is 11.3. The van der Waals surface area contributed by atoms with Crippen LogP contribution < -0.4 is 5.73 Å². The zero-order chi connectivity index (χ0) is 12.7. The fourth-order valence-electron chi connectivity index (χ4n) is 1.54. The minimum Gasteiger partial charge on any atom is -0.465 e. The first kappa shape index (κ1) is 14.1. The lowest BCUT2D eigenvalue weighted by Gasteiger charge is -2.14. The average molecular weight is 253 g/mol. The van der Waals surface area contributed by atoms with Crippen molar-refractivity contribution in [2.75, 3.05) is 18.9 Å². The molecule has 2 N–H and O–H groups in total. The maximum atomic E-state index is 11.3. The fraction of sp³-hybridized carbons (Fsp3) is 0.462. The minimum atomic E-state index is -0.177. The zero-order valence-electron chi connectivity index (χ0n) is 10.3. The van der Waals surface area contributed by atoms with Crippen LogP contribution in [-0.2, 0) is 9.53 Å². The Hall–Kier alpha value is -1.00. The van der Waals surface area contributed by atoms with Crippen molar-refractivity contribution in [3.8, 4) is 0 Å². The summed E-state index contributed by atoms with van der Waals surface area (Å²) in [5.41, 5.74) is 8.12. The smallest absolute Gasteiger partial charge is 0.315 e. The van der Waals surface area contributed by atoms with Crippen LogP contribution >= 0.6 is 11.8 Å². The third-order valence-corrected chi connectivity index (χ3v) is 3.61. The highest BCUT2D eigenvalue weighted by Crippen LogP contribution is 2.28. The summed E-state index contributed by atoms with van der Waals surface area (Å²) in [6.07, 6.45) is 0. The number of hydrogen-bond donors (Lipinski definition) is 1. The van der Waals surface area contributed by atoms with Gasteiger partial charge in [0.05, 0.1) is 12.4 Å². The molecule has 0 radical (unpaired) electrons. The summed E-state index contributed by atoms with van der Waals surface area (Å²) in [5, 5.41) is 0.152. The average Bonchev–Trinajstić information content (AvgIpc) is 2.30. The van der Waals surface area contributed by atoms with Crippen molar-refractivity contribution < 1.29 is 9.53 Å². The lowest BCUT2D eigenvalue weighted by atomic mass is 10.1. The Morgan fingerprint density at radius 1 is 1.53 bits per heavy atom. The Kier molecular flexibility index (Phi) is 6.08. The van der Waals surface area contributed by atoms with Gasteiger partial charge in [-0.3, -0.25) is 4.79 Å². The first-order valence-electron chi connectivity index (χ1n) is 5.71. The van der Waals surface area contributed by atoms with E-state index in [2.05, 4.69) is 6.07 Å². The SMILES string of the molecule is CCOC(=O)CSC(CN)c1cccc(C)c1. The molecule has 1 aromatic rings. The van der Waals surface area contributed by atoms with E-state index in [0.29, 0.717) is 18.9 Å². The van der Waals surface area contributed by atoms with Crippen molar-refractivity contribution in [2.45, 2.75) is 19.1 Å². The highest BCUT2D eigenvalue weighted by Gasteiger charge is 2.13. The number of ether oxygens (including phenoxy) is 1. The quantitative estimate of drug-likeness (QED) is 0.790. The molecule has 94 valence electrons. The Balaban J connectivity index is 2.57. The topological polar surface area (TPSA) is 52.3 Å². The molecular formula is C13H19NO2S. The number of carbonyl (C=O) groups excluding carboxylic acids is 1. The molecule has 0 saturated carbocycles. The number of carbonyl (C=O) groups is 1. The van der Waals surface area contributed by atoms with E-state index < -0.39 is 0 Å². The molecule has 1 unspecified atom stereocenters. The van der Waals surface area contributed by atoms with Gasteiger partial charge in [-0.25, -0.2) is 0 Å². The molecule has 0 aliphatic rings. The summed E-state index contributed by atoms with van der Waals surface area (Å²) in [6.45, 7) is 4.81. The van der Waals surface area contributed by atoms with Gasteiger partial charge in [-0.2, -0.15) is 0 Å². The molecule has 1 aromatic carbocycles. The molecule has 0 aromatic heterocycles. The molecule has 0 amide bonds. The van der Waals surface area contributed by atoms with E-state index in [1.165, 1.54) is 22.9 Å². The molecule has 3 nitrogen and oxygen atoms in total. The summed E-state index contributed by atoms with van der Waals surface area (Å²) in [6, 6.07) is 8.21. The van der Waals surface area contributed by atoms with Gasteiger partial charge in [-0.05, 0) is 19.4 Å². The predicted octanol–water partition coefficient (Wildman–Crippen LogP) is 2.29. The number of benzene rings is 1. The second-order valence-corrected chi connectivity index (χ2v) is 4.95. The monoisotopic (exact) mass is 253 g/mol. The molecule has 1 atom stereocenters. The van der Waals surface area contributed by atoms with Crippen molar-refractivity contribution in [1.29, 1.82) is 0 Å². The van der Waals surface area contributed by atoms with Gasteiger partial charge in [-0.15, -0.1) is 11.8 Å². The Labute approximate surface area is 107 Å². The lowest BCUT2D eigenvalue weighted by molar-refractivity contribution is -0.139. The molecule has 0 heterocycles. The van der Waals surface area contributed by atoms with Gasteiger partial charge in [0.1, 0.15) is 0 Å². The first-order valence-corrected chi connectivity index (χ1v) is 6.76. The minimum absolute atomic E-state index is 0.152. The molecule has 0 aliphatic carbocycles. The van der Waals surface area contributed by atoms with Crippen LogP contribution in [0.15, 0.2) is 24.3 Å². The summed E-state index contributed by atoms with van der Waals surface area (Å²) >= 11 is 1.53. The van der Waals surface area contributed by atoms with Gasteiger partial charge in [0, 0.05) is 11.8 Å². The van der Waals surface area contributed by atoms with E-state index in [4.69, 9.17) is 10.5 Å². The number of rotatable bonds is 6. The molecule has 17 heavy (non-hydrogen) atoms. The molecule has 1 rings (SSSR count). The van der Waals surface area contributed by atoms with Gasteiger partial charge in [0.15, 0.2) is 0 Å². The summed E-state index contributed by atoms with van der Waals surface area (Å²) in [5.74, 6) is 0.174. The molecule has 4 heteroatoms. The van der Waals surface area contributed by atoms with E-state index in [1.54, 1.807) is 0 Å².